The molecule has 7 nitrogen and oxygen atoms in total. The summed E-state index contributed by atoms with van der Waals surface area (Å²) in [4.78, 5) is 12.2. The monoisotopic (exact) mass is 446 g/mol. The highest BCUT2D eigenvalue weighted by Gasteiger charge is 2.43. The molecule has 0 radical (unpaired) electrons. The van der Waals surface area contributed by atoms with E-state index in [1.807, 2.05) is 42.5 Å². The van der Waals surface area contributed by atoms with Gasteiger partial charge in [0.05, 0.1) is 14.2 Å². The Hall–Kier alpha value is -3.97. The molecule has 1 unspecified atom stereocenters. The van der Waals surface area contributed by atoms with Crippen LogP contribution in [0.4, 0.5) is 0 Å². The van der Waals surface area contributed by atoms with Gasteiger partial charge in [-0.25, -0.2) is 4.79 Å². The normalized spacial score (nSPS) is 18.6. The minimum Gasteiger partial charge on any atom is -0.493 e. The van der Waals surface area contributed by atoms with Crippen LogP contribution < -0.4 is 18.9 Å². The molecule has 1 atom stereocenters. The second-order valence-electron chi connectivity index (χ2n) is 7.75. The van der Waals surface area contributed by atoms with Gasteiger partial charge in [0.2, 0.25) is 6.79 Å². The number of rotatable bonds is 6. The van der Waals surface area contributed by atoms with Crippen LogP contribution in [-0.4, -0.2) is 32.1 Å². The van der Waals surface area contributed by atoms with Gasteiger partial charge in [0, 0.05) is 23.6 Å². The van der Waals surface area contributed by atoms with Gasteiger partial charge in [0.15, 0.2) is 23.0 Å². The first-order valence-corrected chi connectivity index (χ1v) is 10.4. The molecule has 2 heterocycles. The van der Waals surface area contributed by atoms with Crippen LogP contribution in [0.3, 0.4) is 0 Å². The van der Waals surface area contributed by atoms with Crippen molar-refractivity contribution in [3.05, 3.63) is 83.4 Å². The summed E-state index contributed by atoms with van der Waals surface area (Å²) in [7, 11) is 3.03. The number of methoxy groups -OCH3 is 2. The van der Waals surface area contributed by atoms with Crippen LogP contribution in [0, 0.1) is 0 Å². The van der Waals surface area contributed by atoms with Crippen LogP contribution in [0.2, 0.25) is 0 Å². The Morgan fingerprint density at radius 1 is 0.909 bits per heavy atom. The zero-order chi connectivity index (χ0) is 23.0. The van der Waals surface area contributed by atoms with E-state index in [0.717, 1.165) is 22.4 Å². The summed E-state index contributed by atoms with van der Waals surface area (Å²) in [6.07, 6.45) is 1.65. The van der Waals surface area contributed by atoms with E-state index < -0.39 is 11.8 Å². The lowest BCUT2D eigenvalue weighted by atomic mass is 9.91. The van der Waals surface area contributed by atoms with Crippen molar-refractivity contribution in [1.82, 2.24) is 0 Å². The van der Waals surface area contributed by atoms with E-state index in [-0.39, 0.29) is 6.79 Å². The number of aliphatic hydroxyl groups is 1. The molecule has 0 aliphatic carbocycles. The predicted octanol–water partition coefficient (Wildman–Crippen LogP) is 3.97. The molecular formula is C26H22O7. The van der Waals surface area contributed by atoms with Crippen molar-refractivity contribution < 1.29 is 33.6 Å². The molecule has 168 valence electrons. The van der Waals surface area contributed by atoms with Crippen LogP contribution in [0.5, 0.6) is 23.0 Å². The van der Waals surface area contributed by atoms with Crippen molar-refractivity contribution in [2.24, 2.45) is 0 Å². The van der Waals surface area contributed by atoms with Crippen LogP contribution in [-0.2, 0) is 21.7 Å². The molecule has 0 bridgehead atoms. The summed E-state index contributed by atoms with van der Waals surface area (Å²) in [5.74, 6) is -0.133. The fraction of sp³-hybridized carbons (Fsp3) is 0.192. The van der Waals surface area contributed by atoms with Gasteiger partial charge in [-0.1, -0.05) is 30.3 Å². The zero-order valence-electron chi connectivity index (χ0n) is 18.2. The van der Waals surface area contributed by atoms with Crippen molar-refractivity contribution in [2.75, 3.05) is 21.0 Å². The zero-order valence-corrected chi connectivity index (χ0v) is 18.2. The number of esters is 1. The summed E-state index contributed by atoms with van der Waals surface area (Å²) < 4.78 is 26.8. The number of benzene rings is 3. The molecule has 3 aromatic rings. The summed E-state index contributed by atoms with van der Waals surface area (Å²) in [5.41, 5.74) is 3.68. The second kappa shape index (κ2) is 8.18. The minimum absolute atomic E-state index is 0.218. The van der Waals surface area contributed by atoms with E-state index in [1.165, 1.54) is 20.3 Å². The Bertz CT molecular complexity index is 1260. The lowest BCUT2D eigenvalue weighted by molar-refractivity contribution is -0.185. The Morgan fingerprint density at radius 3 is 2.52 bits per heavy atom. The van der Waals surface area contributed by atoms with Crippen molar-refractivity contribution in [3.63, 3.8) is 0 Å². The second-order valence-corrected chi connectivity index (χ2v) is 7.75. The molecule has 0 aromatic heterocycles. The first kappa shape index (κ1) is 20.9. The highest BCUT2D eigenvalue weighted by atomic mass is 16.7. The summed E-state index contributed by atoms with van der Waals surface area (Å²) in [6, 6.07) is 18.6. The van der Waals surface area contributed by atoms with E-state index >= 15 is 0 Å². The van der Waals surface area contributed by atoms with Gasteiger partial charge in [-0.15, -0.1) is 0 Å². The average Bonchev–Trinajstić information content (AvgIpc) is 3.42. The van der Waals surface area contributed by atoms with Gasteiger partial charge >= 0.3 is 5.97 Å². The maximum atomic E-state index is 12.2. The van der Waals surface area contributed by atoms with E-state index in [9.17, 15) is 9.90 Å². The van der Waals surface area contributed by atoms with Gasteiger partial charge in [-0.3, -0.25) is 0 Å². The molecule has 33 heavy (non-hydrogen) atoms. The first-order chi connectivity index (χ1) is 16.0. The Kier molecular flexibility index (Phi) is 5.18. The number of fused-ring (bicyclic) bond motifs is 1. The highest BCUT2D eigenvalue weighted by molar-refractivity contribution is 5.87. The average molecular weight is 446 g/mol. The quantitative estimate of drug-likeness (QED) is 0.574. The molecule has 0 amide bonds. The lowest BCUT2D eigenvalue weighted by Crippen LogP contribution is -2.29. The largest absolute Gasteiger partial charge is 0.493 e. The Morgan fingerprint density at radius 2 is 1.70 bits per heavy atom. The molecular weight excluding hydrogens is 424 g/mol. The molecule has 0 saturated heterocycles. The highest BCUT2D eigenvalue weighted by Crippen LogP contribution is 2.41. The Balaban J connectivity index is 1.45. The van der Waals surface area contributed by atoms with Crippen molar-refractivity contribution in [3.8, 4) is 34.1 Å². The van der Waals surface area contributed by atoms with E-state index in [1.54, 1.807) is 18.2 Å². The maximum Gasteiger partial charge on any atom is 0.334 e. The molecule has 2 aliphatic heterocycles. The smallest absolute Gasteiger partial charge is 0.334 e. The predicted molar refractivity (Wildman–Crippen MR) is 119 cm³/mol. The van der Waals surface area contributed by atoms with Crippen molar-refractivity contribution in [2.45, 2.75) is 12.2 Å². The number of carbonyl (C=O) groups is 1. The molecule has 1 N–H and O–H groups in total. The summed E-state index contributed by atoms with van der Waals surface area (Å²) in [6.45, 7) is 0.218. The van der Waals surface area contributed by atoms with Gasteiger partial charge < -0.3 is 28.8 Å². The van der Waals surface area contributed by atoms with Crippen molar-refractivity contribution >= 4 is 5.97 Å². The van der Waals surface area contributed by atoms with Gasteiger partial charge in [0.1, 0.15) is 0 Å². The molecule has 2 aliphatic rings. The van der Waals surface area contributed by atoms with Gasteiger partial charge in [-0.2, -0.15) is 0 Å². The molecule has 7 heteroatoms. The molecule has 0 spiro atoms. The number of carbonyl (C=O) groups excluding carboxylic acids is 1. The number of cyclic esters (lactones) is 1. The van der Waals surface area contributed by atoms with Crippen molar-refractivity contribution in [1.29, 1.82) is 0 Å². The lowest BCUT2D eigenvalue weighted by Gasteiger charge is -2.26. The van der Waals surface area contributed by atoms with Gasteiger partial charge in [-0.05, 0) is 47.0 Å². The van der Waals surface area contributed by atoms with Crippen LogP contribution in [0.15, 0.2) is 72.3 Å². The standard InChI is InChI=1S/C26H22O7/c1-29-21-9-7-19(13-23(21)30-2)26(28)20(14-25(27)33-26)11-16-4-3-5-17(10-16)18-6-8-22-24(12-18)32-15-31-22/h3-10,12-14,28H,11,15H2,1-2H3. The molecule has 0 saturated carbocycles. The van der Waals surface area contributed by atoms with Crippen LogP contribution in [0.25, 0.3) is 11.1 Å². The number of hydrogen-bond donors (Lipinski definition) is 1. The van der Waals surface area contributed by atoms with Crippen LogP contribution in [0.1, 0.15) is 11.1 Å². The van der Waals surface area contributed by atoms with Gasteiger partial charge in [0.25, 0.3) is 5.79 Å². The minimum atomic E-state index is -1.90. The SMILES string of the molecule is COc1ccc(C2(O)OC(=O)C=C2Cc2cccc(-c3ccc4c(c3)OCO4)c2)cc1OC. The fourth-order valence-electron chi connectivity index (χ4n) is 4.10. The summed E-state index contributed by atoms with van der Waals surface area (Å²) >= 11 is 0. The molecule has 5 rings (SSSR count). The summed E-state index contributed by atoms with van der Waals surface area (Å²) in [5, 5.41) is 11.4. The fourth-order valence-corrected chi connectivity index (χ4v) is 4.10. The Labute approximate surface area is 190 Å². The van der Waals surface area contributed by atoms with E-state index in [4.69, 9.17) is 23.7 Å². The third kappa shape index (κ3) is 3.76. The van der Waals surface area contributed by atoms with Crippen LogP contribution >= 0.6 is 0 Å². The van der Waals surface area contributed by atoms with E-state index in [0.29, 0.717) is 34.8 Å². The first-order valence-electron chi connectivity index (χ1n) is 10.4. The molecule has 3 aromatic carbocycles. The number of ether oxygens (including phenoxy) is 5. The third-order valence-corrected chi connectivity index (χ3v) is 5.78. The topological polar surface area (TPSA) is 83.5 Å². The maximum absolute atomic E-state index is 12.2. The third-order valence-electron chi connectivity index (χ3n) is 5.78. The number of hydrogen-bond acceptors (Lipinski definition) is 7. The molecule has 0 fully saturated rings. The van der Waals surface area contributed by atoms with E-state index in [2.05, 4.69) is 0 Å².